The Labute approximate surface area is 311 Å². The van der Waals surface area contributed by atoms with E-state index in [1.54, 1.807) is 0 Å². The SMILES string of the molecule is CC(C)(C)[Si](C)([Si-](c1cccc([Si-]([Si](C)(C(C)(C)C)C(C)(C)C)[Si](C)(C(C)(C)C)C(C)(C)C)c1)[Si](C)(C(C)(C)C)C(C)(C)C)C(C)(C)C. The Kier molecular flexibility index (Phi) is 12.7. The maximum Gasteiger partial charge on any atom is -0.0651 e. The van der Waals surface area contributed by atoms with E-state index >= 15 is 0 Å². The summed E-state index contributed by atoms with van der Waals surface area (Å²) in [5.74, 6) is 0. The van der Waals surface area contributed by atoms with Crippen molar-refractivity contribution >= 4 is 56.4 Å². The van der Waals surface area contributed by atoms with Crippen LogP contribution in [0.1, 0.15) is 166 Å². The van der Waals surface area contributed by atoms with Crippen LogP contribution in [0.4, 0.5) is 0 Å². The summed E-state index contributed by atoms with van der Waals surface area (Å²) < 4.78 is 0. The smallest absolute Gasteiger partial charge is 0.0651 e. The molecule has 0 nitrogen and oxygen atoms in total. The van der Waals surface area contributed by atoms with Crippen LogP contribution in [0.15, 0.2) is 24.3 Å². The molecule has 0 aliphatic rings. The molecule has 0 unspecified atom stereocenters. The summed E-state index contributed by atoms with van der Waals surface area (Å²) in [4.78, 5) is 0. The quantitative estimate of drug-likeness (QED) is 0.253. The third kappa shape index (κ3) is 7.35. The van der Waals surface area contributed by atoms with Crippen molar-refractivity contribution in [2.45, 2.75) is 233 Å². The highest BCUT2D eigenvalue weighted by atomic mass is 29.6. The largest absolute Gasteiger partial charge is 0.278 e. The van der Waals surface area contributed by atoms with Crippen LogP contribution in [0.3, 0.4) is 0 Å². The molecule has 0 fully saturated rings. The highest BCUT2D eigenvalue weighted by Crippen LogP contribution is 2.62. The van der Waals surface area contributed by atoms with Crippen LogP contribution in [-0.2, 0) is 0 Å². The normalized spacial score (nSPS) is 15.9. The van der Waals surface area contributed by atoms with Crippen LogP contribution < -0.4 is 10.4 Å². The van der Waals surface area contributed by atoms with E-state index in [1.807, 2.05) is 10.4 Å². The van der Waals surface area contributed by atoms with Gasteiger partial charge in [-0.2, -0.15) is 0 Å². The van der Waals surface area contributed by atoms with Gasteiger partial charge < -0.3 is 0 Å². The summed E-state index contributed by atoms with van der Waals surface area (Å²) in [5, 5.41) is 6.03. The second kappa shape index (κ2) is 13.1. The lowest BCUT2D eigenvalue weighted by molar-refractivity contribution is 0.625. The first-order valence-corrected chi connectivity index (χ1v) is 36.3. The molecule has 0 aliphatic carbocycles. The summed E-state index contributed by atoms with van der Waals surface area (Å²) in [6, 6.07) is 10.9. The third-order valence-corrected chi connectivity index (χ3v) is 96.7. The molecular formula is C42H88Si6-2. The maximum absolute atomic E-state index is 2.97. The molecule has 0 aliphatic heterocycles. The van der Waals surface area contributed by atoms with Gasteiger partial charge >= 0.3 is 0 Å². The maximum atomic E-state index is 2.97. The Morgan fingerprint density at radius 2 is 0.458 bits per heavy atom. The highest BCUT2D eigenvalue weighted by Gasteiger charge is 2.58. The lowest BCUT2D eigenvalue weighted by atomic mass is 10.2. The van der Waals surface area contributed by atoms with Crippen LogP contribution in [-0.4, -0.2) is 46.0 Å². The molecule has 1 aromatic rings. The number of hydrogen-bond acceptors (Lipinski definition) is 0. The fraction of sp³-hybridized carbons (Fsp3) is 0.857. The van der Waals surface area contributed by atoms with E-state index in [0.29, 0.717) is 40.3 Å². The zero-order chi connectivity index (χ0) is 39.1. The zero-order valence-electron chi connectivity index (χ0n) is 38.3. The molecule has 0 saturated carbocycles. The molecule has 0 spiro atoms. The minimum atomic E-state index is -1.98. The van der Waals surface area contributed by atoms with Crippen LogP contribution in [0.5, 0.6) is 0 Å². The molecule has 0 heterocycles. The van der Waals surface area contributed by atoms with Gasteiger partial charge in [-0.1, -0.05) is 281 Å². The van der Waals surface area contributed by atoms with Gasteiger partial charge in [0, 0.05) is 0 Å². The molecule has 0 N–H and O–H groups in total. The van der Waals surface area contributed by atoms with Gasteiger partial charge in [0.2, 0.25) is 0 Å². The number of hydrogen-bond donors (Lipinski definition) is 0. The average Bonchev–Trinajstić information content (AvgIpc) is 2.78. The van der Waals surface area contributed by atoms with Crippen LogP contribution in [0.2, 0.25) is 66.5 Å². The molecule has 48 heavy (non-hydrogen) atoms. The standard InChI is InChI=1S/C42H88Si6/c1-35(2,3)45(25,36(4,5)6)43(46(26,37(7,8)9)38(10,11)12)33-30-29-31-34(32-33)44(47(27,39(13,14)15)40(16,17)18)48(28,41(19,20)21)42(22,23)24/h29-32H,1-28H3/q-2. The first kappa shape index (κ1) is 46.5. The lowest BCUT2D eigenvalue weighted by Gasteiger charge is -2.76. The Balaban J connectivity index is 4.89. The summed E-state index contributed by atoms with van der Waals surface area (Å²) in [6.07, 6.45) is 0. The highest BCUT2D eigenvalue weighted by molar-refractivity contribution is 7.68. The third-order valence-electron chi connectivity index (χ3n) is 15.4. The summed E-state index contributed by atoms with van der Waals surface area (Å²) in [7, 11) is -9.88. The molecule has 0 atom stereocenters. The van der Waals surface area contributed by atoms with E-state index in [-0.39, 0.29) is 0 Å². The molecule has 6 heteroatoms. The molecule has 0 aromatic heterocycles. The second-order valence-electron chi connectivity index (χ2n) is 24.8. The molecule has 0 saturated heterocycles. The van der Waals surface area contributed by atoms with Gasteiger partial charge in [-0.3, -0.25) is 15.7 Å². The molecule has 1 aromatic carbocycles. The van der Waals surface area contributed by atoms with E-state index < -0.39 is 46.0 Å². The van der Waals surface area contributed by atoms with E-state index in [1.165, 1.54) is 0 Å². The van der Waals surface area contributed by atoms with Crippen molar-refractivity contribution in [3.05, 3.63) is 24.3 Å². The first-order valence-electron chi connectivity index (χ1n) is 19.3. The van der Waals surface area contributed by atoms with Gasteiger partial charge in [0.15, 0.2) is 0 Å². The van der Waals surface area contributed by atoms with Crippen molar-refractivity contribution in [3.63, 3.8) is 0 Å². The van der Waals surface area contributed by atoms with Crippen molar-refractivity contribution in [2.24, 2.45) is 0 Å². The van der Waals surface area contributed by atoms with Gasteiger partial charge in [-0.15, -0.1) is 6.07 Å². The Morgan fingerprint density at radius 3 is 0.583 bits per heavy atom. The van der Waals surface area contributed by atoms with E-state index in [2.05, 4.69) is 217 Å². The van der Waals surface area contributed by atoms with Crippen molar-refractivity contribution < 1.29 is 0 Å². The van der Waals surface area contributed by atoms with E-state index in [9.17, 15) is 0 Å². The topological polar surface area (TPSA) is 0 Å². The Morgan fingerprint density at radius 1 is 0.312 bits per heavy atom. The van der Waals surface area contributed by atoms with Crippen molar-refractivity contribution in [2.75, 3.05) is 0 Å². The van der Waals surface area contributed by atoms with Gasteiger partial charge in [0.1, 0.15) is 0 Å². The predicted molar refractivity (Wildman–Crippen MR) is 241 cm³/mol. The molecule has 0 radical (unpaired) electrons. The van der Waals surface area contributed by atoms with Gasteiger partial charge in [-0.25, -0.2) is 10.4 Å². The van der Waals surface area contributed by atoms with Gasteiger partial charge in [-0.05, 0) is 0 Å². The molecule has 0 bridgehead atoms. The number of benzene rings is 1. The molecule has 1 rings (SSSR count). The molecule has 0 amide bonds. The summed E-state index contributed by atoms with van der Waals surface area (Å²) in [5.41, 5.74) is 0. The van der Waals surface area contributed by atoms with Gasteiger partial charge in [0.25, 0.3) is 0 Å². The van der Waals surface area contributed by atoms with Crippen LogP contribution in [0.25, 0.3) is 0 Å². The summed E-state index contributed by atoms with van der Waals surface area (Å²) >= 11 is 0. The zero-order valence-corrected chi connectivity index (χ0v) is 44.3. The fourth-order valence-corrected chi connectivity index (χ4v) is 109. The van der Waals surface area contributed by atoms with Crippen LogP contribution in [0, 0.1) is 0 Å². The minimum Gasteiger partial charge on any atom is -0.278 e. The lowest BCUT2D eigenvalue weighted by Crippen LogP contribution is -2.81. The van der Waals surface area contributed by atoms with Crippen molar-refractivity contribution in [3.8, 4) is 0 Å². The first-order chi connectivity index (χ1) is 20.5. The number of rotatable bonds is 6. The van der Waals surface area contributed by atoms with Gasteiger partial charge in [0.05, 0.1) is 0 Å². The van der Waals surface area contributed by atoms with Crippen molar-refractivity contribution in [1.82, 2.24) is 0 Å². The van der Waals surface area contributed by atoms with Crippen molar-refractivity contribution in [1.29, 1.82) is 0 Å². The monoisotopic (exact) mass is 761 g/mol. The minimum absolute atomic E-state index is 0.300. The predicted octanol–water partition coefficient (Wildman–Crippen LogP) is 14.1. The average molecular weight is 762 g/mol. The van der Waals surface area contributed by atoms with E-state index in [0.717, 1.165) is 0 Å². The fourth-order valence-electron chi connectivity index (χ4n) is 10.5. The van der Waals surface area contributed by atoms with Crippen LogP contribution >= 0.6 is 0 Å². The summed E-state index contributed by atoms with van der Waals surface area (Å²) in [6.45, 7) is 74.9. The Bertz CT molecular complexity index is 1020. The molecular weight excluding hydrogens is 673 g/mol. The second-order valence-corrected chi connectivity index (χ2v) is 69.5. The Hall–Kier alpha value is 0.521. The van der Waals surface area contributed by atoms with E-state index in [4.69, 9.17) is 0 Å². The molecule has 282 valence electrons.